The van der Waals surface area contributed by atoms with E-state index in [0.29, 0.717) is 17.5 Å². The van der Waals surface area contributed by atoms with E-state index in [1.54, 1.807) is 12.1 Å². The Labute approximate surface area is 166 Å². The van der Waals surface area contributed by atoms with Crippen molar-refractivity contribution in [2.24, 2.45) is 0 Å². The van der Waals surface area contributed by atoms with Gasteiger partial charge < -0.3 is 4.74 Å². The quantitative estimate of drug-likeness (QED) is 0.485. The van der Waals surface area contributed by atoms with Crippen molar-refractivity contribution in [3.05, 3.63) is 54.2 Å². The molecule has 1 aliphatic rings. The third-order valence-electron chi connectivity index (χ3n) is 4.52. The Bertz CT molecular complexity index is 1060. The predicted octanol–water partition coefficient (Wildman–Crippen LogP) is 3.76. The number of hydrogen-bond acceptors (Lipinski definition) is 6. The van der Waals surface area contributed by atoms with Crippen LogP contribution in [0.15, 0.2) is 53.7 Å². The molecule has 0 spiro atoms. The minimum atomic E-state index is -0.521. The van der Waals surface area contributed by atoms with E-state index in [1.807, 2.05) is 50.2 Å². The number of aryl methyl sites for hydroxylation is 1. The van der Waals surface area contributed by atoms with Gasteiger partial charge in [-0.25, -0.2) is 14.9 Å². The molecule has 28 heavy (non-hydrogen) atoms. The first-order chi connectivity index (χ1) is 13.6. The Morgan fingerprint density at radius 3 is 2.68 bits per heavy atom. The number of carbonyl (C=O) groups excluding carboxylic acids is 2. The number of nitrogens with zero attached hydrogens (tertiary/aromatic N) is 3. The van der Waals surface area contributed by atoms with Gasteiger partial charge in [-0.2, -0.15) is 0 Å². The zero-order valence-corrected chi connectivity index (χ0v) is 16.4. The first-order valence-corrected chi connectivity index (χ1v) is 9.94. The van der Waals surface area contributed by atoms with E-state index in [-0.39, 0.29) is 18.2 Å². The summed E-state index contributed by atoms with van der Waals surface area (Å²) >= 11 is 1.24. The van der Waals surface area contributed by atoms with Gasteiger partial charge in [-0.1, -0.05) is 30.0 Å². The van der Waals surface area contributed by atoms with Gasteiger partial charge in [0, 0.05) is 17.5 Å². The molecule has 2 heterocycles. The van der Waals surface area contributed by atoms with Crippen LogP contribution in [0, 0.1) is 6.92 Å². The average Bonchev–Trinajstić information content (AvgIpc) is 2.96. The van der Waals surface area contributed by atoms with E-state index in [4.69, 9.17) is 4.74 Å². The van der Waals surface area contributed by atoms with Gasteiger partial charge in [0.2, 0.25) is 11.8 Å². The van der Waals surface area contributed by atoms with Crippen LogP contribution in [-0.2, 0) is 9.59 Å². The number of carbonyl (C=O) groups is 2. The number of ether oxygens (including phenoxy) is 1. The zero-order chi connectivity index (χ0) is 19.7. The molecule has 4 rings (SSSR count). The van der Waals surface area contributed by atoms with Gasteiger partial charge in [-0.3, -0.25) is 9.59 Å². The maximum absolute atomic E-state index is 12.8. The normalized spacial score (nSPS) is 16.8. The molecule has 0 saturated carbocycles. The van der Waals surface area contributed by atoms with Gasteiger partial charge in [0.1, 0.15) is 11.0 Å². The number of amides is 2. The fraction of sp³-hybridized carbons (Fsp3) is 0.238. The van der Waals surface area contributed by atoms with Crippen LogP contribution >= 0.6 is 11.8 Å². The summed E-state index contributed by atoms with van der Waals surface area (Å²) in [5.41, 5.74) is 2.19. The lowest BCUT2D eigenvalue weighted by molar-refractivity contribution is -0.121. The summed E-state index contributed by atoms with van der Waals surface area (Å²) < 4.78 is 5.54. The highest BCUT2D eigenvalue weighted by atomic mass is 32.2. The topological polar surface area (TPSA) is 72.4 Å². The predicted molar refractivity (Wildman–Crippen MR) is 109 cm³/mol. The van der Waals surface area contributed by atoms with E-state index in [0.717, 1.165) is 22.3 Å². The Kier molecular flexibility index (Phi) is 5.00. The van der Waals surface area contributed by atoms with Crippen LogP contribution in [0.5, 0.6) is 5.75 Å². The van der Waals surface area contributed by atoms with Crippen LogP contribution in [0.25, 0.3) is 10.9 Å². The number of aromatic nitrogens is 2. The van der Waals surface area contributed by atoms with Crippen molar-refractivity contribution in [1.82, 2.24) is 9.97 Å². The molecule has 1 aliphatic heterocycles. The fourth-order valence-corrected chi connectivity index (χ4v) is 4.24. The van der Waals surface area contributed by atoms with Crippen LogP contribution in [0.4, 0.5) is 5.69 Å². The molecule has 1 fully saturated rings. The lowest BCUT2D eigenvalue weighted by Crippen LogP contribution is -2.31. The number of hydrogen-bond donors (Lipinski definition) is 0. The summed E-state index contributed by atoms with van der Waals surface area (Å²) in [6, 6.07) is 14.7. The summed E-state index contributed by atoms with van der Waals surface area (Å²) in [7, 11) is 0. The molecule has 2 amide bonds. The number of imide groups is 1. The molecule has 6 nitrogen and oxygen atoms in total. The van der Waals surface area contributed by atoms with Gasteiger partial charge >= 0.3 is 0 Å². The molecule has 0 bridgehead atoms. The Morgan fingerprint density at radius 1 is 1.14 bits per heavy atom. The largest absolute Gasteiger partial charge is 0.494 e. The van der Waals surface area contributed by atoms with Crippen molar-refractivity contribution in [1.29, 1.82) is 0 Å². The van der Waals surface area contributed by atoms with Crippen LogP contribution in [0.2, 0.25) is 0 Å². The first-order valence-electron chi connectivity index (χ1n) is 9.06. The summed E-state index contributed by atoms with van der Waals surface area (Å²) in [6.45, 7) is 4.43. The summed E-state index contributed by atoms with van der Waals surface area (Å²) in [5, 5.41) is 0.887. The Morgan fingerprint density at radius 2 is 1.93 bits per heavy atom. The van der Waals surface area contributed by atoms with Crippen LogP contribution in [-0.4, -0.2) is 33.6 Å². The second-order valence-electron chi connectivity index (χ2n) is 6.42. The Hall–Kier alpha value is -2.93. The number of thioether (sulfide) groups is 1. The summed E-state index contributed by atoms with van der Waals surface area (Å²) in [4.78, 5) is 35.6. The highest BCUT2D eigenvalue weighted by molar-refractivity contribution is 8.00. The van der Waals surface area contributed by atoms with Gasteiger partial charge in [-0.05, 0) is 44.2 Å². The van der Waals surface area contributed by atoms with E-state index in [1.165, 1.54) is 16.7 Å². The highest BCUT2D eigenvalue weighted by Crippen LogP contribution is 2.33. The number of rotatable bonds is 5. The molecule has 0 N–H and O–H groups in total. The van der Waals surface area contributed by atoms with Crippen LogP contribution in [0.3, 0.4) is 0 Å². The van der Waals surface area contributed by atoms with Gasteiger partial charge in [0.05, 0.1) is 17.8 Å². The SMILES string of the molecule is CCOc1ccc2nc(SC3CC(=O)N(c4ccccc4)C3=O)nc(C)c2c1. The second kappa shape index (κ2) is 7.59. The van der Waals surface area contributed by atoms with Crippen molar-refractivity contribution in [2.45, 2.75) is 30.7 Å². The van der Waals surface area contributed by atoms with E-state index >= 15 is 0 Å². The van der Waals surface area contributed by atoms with Crippen LogP contribution in [0.1, 0.15) is 19.0 Å². The molecule has 1 atom stereocenters. The second-order valence-corrected chi connectivity index (χ2v) is 7.59. The van der Waals surface area contributed by atoms with Gasteiger partial charge in [-0.15, -0.1) is 0 Å². The third-order valence-corrected chi connectivity index (χ3v) is 5.56. The highest BCUT2D eigenvalue weighted by Gasteiger charge is 2.40. The fourth-order valence-electron chi connectivity index (χ4n) is 3.22. The average molecular weight is 393 g/mol. The monoisotopic (exact) mass is 393 g/mol. The van der Waals surface area contributed by atoms with Crippen LogP contribution < -0.4 is 9.64 Å². The Balaban J connectivity index is 1.59. The van der Waals surface area contributed by atoms with Gasteiger partial charge in [0.15, 0.2) is 5.16 Å². The molecule has 7 heteroatoms. The minimum Gasteiger partial charge on any atom is -0.494 e. The molecule has 2 aromatic carbocycles. The summed E-state index contributed by atoms with van der Waals surface area (Å²) in [5.74, 6) is 0.346. The van der Waals surface area contributed by atoms with E-state index in [9.17, 15) is 9.59 Å². The van der Waals surface area contributed by atoms with Crippen molar-refractivity contribution in [3.8, 4) is 5.75 Å². The number of benzene rings is 2. The lowest BCUT2D eigenvalue weighted by atomic mass is 10.2. The number of fused-ring (bicyclic) bond motifs is 1. The lowest BCUT2D eigenvalue weighted by Gasteiger charge is -2.14. The molecule has 3 aromatic rings. The molecular formula is C21H19N3O3S. The van der Waals surface area contributed by atoms with Crippen molar-refractivity contribution >= 4 is 40.2 Å². The first kappa shape index (κ1) is 18.4. The minimum absolute atomic E-state index is 0.141. The molecule has 1 unspecified atom stereocenters. The molecular weight excluding hydrogens is 374 g/mol. The summed E-state index contributed by atoms with van der Waals surface area (Å²) in [6.07, 6.45) is 0.141. The van der Waals surface area contributed by atoms with Gasteiger partial charge in [0.25, 0.3) is 0 Å². The van der Waals surface area contributed by atoms with Crippen molar-refractivity contribution in [3.63, 3.8) is 0 Å². The molecule has 0 radical (unpaired) electrons. The smallest absolute Gasteiger partial charge is 0.247 e. The molecule has 0 aliphatic carbocycles. The molecule has 1 aromatic heterocycles. The third kappa shape index (κ3) is 3.45. The maximum atomic E-state index is 12.8. The standard InChI is InChI=1S/C21H19N3O3S/c1-3-27-15-9-10-17-16(11-15)13(2)22-21(23-17)28-18-12-19(25)24(20(18)26)14-7-5-4-6-8-14/h4-11,18H,3,12H2,1-2H3. The zero-order valence-electron chi connectivity index (χ0n) is 15.6. The van der Waals surface area contributed by atoms with E-state index < -0.39 is 5.25 Å². The maximum Gasteiger partial charge on any atom is 0.247 e. The van der Waals surface area contributed by atoms with Crippen molar-refractivity contribution in [2.75, 3.05) is 11.5 Å². The molecule has 142 valence electrons. The molecule has 1 saturated heterocycles. The number of anilines is 1. The number of para-hydroxylation sites is 1. The van der Waals surface area contributed by atoms with E-state index in [2.05, 4.69) is 9.97 Å². The van der Waals surface area contributed by atoms with Crippen molar-refractivity contribution < 1.29 is 14.3 Å².